The van der Waals surface area contributed by atoms with Gasteiger partial charge in [-0.25, -0.2) is 19.6 Å². The maximum atomic E-state index is 13.6. The summed E-state index contributed by atoms with van der Waals surface area (Å²) in [7, 11) is 3.48. The lowest BCUT2D eigenvalue weighted by Gasteiger charge is -2.26. The second kappa shape index (κ2) is 9.63. The van der Waals surface area contributed by atoms with Crippen molar-refractivity contribution in [1.29, 1.82) is 0 Å². The van der Waals surface area contributed by atoms with Crippen molar-refractivity contribution in [1.82, 2.24) is 15.3 Å². The van der Waals surface area contributed by atoms with Crippen LogP contribution in [0.1, 0.15) is 54.2 Å². The van der Waals surface area contributed by atoms with Gasteiger partial charge in [0.1, 0.15) is 30.7 Å². The van der Waals surface area contributed by atoms with E-state index >= 15 is 0 Å². The van der Waals surface area contributed by atoms with Gasteiger partial charge in [-0.3, -0.25) is 14.6 Å². The molecule has 0 spiro atoms. The van der Waals surface area contributed by atoms with Crippen LogP contribution in [0.4, 0.5) is 27.0 Å². The Hall–Kier alpha value is -3.89. The molecule has 2 fully saturated rings. The first-order valence-corrected chi connectivity index (χ1v) is 12.2. The van der Waals surface area contributed by atoms with Crippen LogP contribution in [0.2, 0.25) is 0 Å². The Labute approximate surface area is 209 Å². The monoisotopic (exact) mass is 494 g/mol. The smallest absolute Gasteiger partial charge is 0.415 e. The second-order valence-electron chi connectivity index (χ2n) is 9.37. The third kappa shape index (κ3) is 4.29. The fraction of sp³-hybridized carbons (Fsp3) is 0.480. The number of fused-ring (bicyclic) bond motifs is 1. The van der Waals surface area contributed by atoms with Gasteiger partial charge in [0.15, 0.2) is 0 Å². The summed E-state index contributed by atoms with van der Waals surface area (Å²) in [6.07, 6.45) is 3.47. The number of cyclic esters (lactones) is 1. The topological polar surface area (TPSA) is 117 Å². The van der Waals surface area contributed by atoms with E-state index in [0.29, 0.717) is 40.3 Å². The lowest BCUT2D eigenvalue weighted by atomic mass is 10.1. The molecular weight excluding hydrogens is 464 g/mol. The molecule has 1 aliphatic carbocycles. The Morgan fingerprint density at radius 2 is 1.97 bits per heavy atom. The number of hydrogen-bond acceptors (Lipinski definition) is 8. The predicted molar refractivity (Wildman–Crippen MR) is 132 cm³/mol. The van der Waals surface area contributed by atoms with Crippen molar-refractivity contribution in [2.75, 3.05) is 35.4 Å². The molecule has 2 aromatic rings. The Morgan fingerprint density at radius 3 is 2.67 bits per heavy atom. The van der Waals surface area contributed by atoms with Crippen molar-refractivity contribution in [2.45, 2.75) is 57.8 Å². The van der Waals surface area contributed by atoms with Crippen LogP contribution in [0.5, 0.6) is 0 Å². The average molecular weight is 495 g/mol. The molecule has 0 radical (unpaired) electrons. The van der Waals surface area contributed by atoms with Crippen LogP contribution in [0.15, 0.2) is 24.3 Å². The Morgan fingerprint density at radius 1 is 1.22 bits per heavy atom. The highest BCUT2D eigenvalue weighted by atomic mass is 16.6. The summed E-state index contributed by atoms with van der Waals surface area (Å²) < 4.78 is 10.4. The minimum absolute atomic E-state index is 0.0555. The lowest BCUT2D eigenvalue weighted by molar-refractivity contribution is 0.0996. The molecule has 1 atom stereocenters. The van der Waals surface area contributed by atoms with E-state index in [0.717, 1.165) is 12.8 Å². The van der Waals surface area contributed by atoms with Crippen molar-refractivity contribution in [3.8, 4) is 0 Å². The molecule has 3 aliphatic rings. The number of nitrogens with zero attached hydrogens (tertiary/aromatic N) is 5. The number of nitrogens with one attached hydrogen (secondary N) is 1. The SMILES string of the molecule is CNC(=O)OCc1nc(N(C)C2CCCC2)cc2c1CN(c1cccc(N3C(=O)OC[C@@H]3C)n1)C2=O. The second-order valence-corrected chi connectivity index (χ2v) is 9.37. The van der Waals surface area contributed by atoms with E-state index in [-0.39, 0.29) is 31.7 Å². The van der Waals surface area contributed by atoms with E-state index in [4.69, 9.17) is 14.5 Å². The van der Waals surface area contributed by atoms with Gasteiger partial charge in [0.25, 0.3) is 5.91 Å². The molecule has 1 N–H and O–H groups in total. The van der Waals surface area contributed by atoms with E-state index in [1.165, 1.54) is 24.8 Å². The van der Waals surface area contributed by atoms with E-state index < -0.39 is 12.2 Å². The number of carbonyl (C=O) groups is 3. The third-order valence-electron chi connectivity index (χ3n) is 7.09. The lowest BCUT2D eigenvalue weighted by Crippen LogP contribution is -2.32. The maximum absolute atomic E-state index is 13.6. The van der Waals surface area contributed by atoms with Crippen LogP contribution in [-0.4, -0.2) is 60.8 Å². The van der Waals surface area contributed by atoms with Gasteiger partial charge < -0.3 is 19.7 Å². The zero-order chi connectivity index (χ0) is 25.4. The molecule has 3 amide bonds. The molecule has 11 heteroatoms. The highest BCUT2D eigenvalue weighted by Gasteiger charge is 2.36. The third-order valence-corrected chi connectivity index (χ3v) is 7.09. The van der Waals surface area contributed by atoms with Crippen LogP contribution in [-0.2, 0) is 22.6 Å². The normalized spacial score (nSPS) is 19.5. The summed E-state index contributed by atoms with van der Waals surface area (Å²) in [6.45, 7) is 2.34. The molecule has 5 rings (SSSR count). The summed E-state index contributed by atoms with van der Waals surface area (Å²) in [5, 5.41) is 2.44. The van der Waals surface area contributed by atoms with Crippen LogP contribution in [0, 0.1) is 0 Å². The largest absolute Gasteiger partial charge is 0.447 e. The van der Waals surface area contributed by atoms with Gasteiger partial charge in [-0.15, -0.1) is 0 Å². The number of alkyl carbamates (subject to hydrolysis) is 1. The van der Waals surface area contributed by atoms with Crippen molar-refractivity contribution in [2.24, 2.45) is 0 Å². The van der Waals surface area contributed by atoms with E-state index in [1.54, 1.807) is 23.1 Å². The molecule has 190 valence electrons. The first kappa shape index (κ1) is 23.8. The molecule has 0 aromatic carbocycles. The molecule has 2 aliphatic heterocycles. The Balaban J connectivity index is 1.48. The van der Waals surface area contributed by atoms with Gasteiger partial charge in [0, 0.05) is 25.7 Å². The first-order valence-electron chi connectivity index (χ1n) is 12.2. The molecule has 11 nitrogen and oxygen atoms in total. The molecule has 36 heavy (non-hydrogen) atoms. The van der Waals surface area contributed by atoms with Crippen molar-refractivity contribution < 1.29 is 23.9 Å². The number of ether oxygens (including phenoxy) is 2. The maximum Gasteiger partial charge on any atom is 0.415 e. The van der Waals surface area contributed by atoms with Crippen LogP contribution < -0.4 is 20.0 Å². The minimum Gasteiger partial charge on any atom is -0.447 e. The highest BCUT2D eigenvalue weighted by Crippen LogP contribution is 2.34. The van der Waals surface area contributed by atoms with Gasteiger partial charge in [-0.05, 0) is 38.0 Å². The molecule has 0 unspecified atom stereocenters. The summed E-state index contributed by atoms with van der Waals surface area (Å²) in [5.41, 5.74) is 1.76. The van der Waals surface area contributed by atoms with Crippen molar-refractivity contribution in [3.63, 3.8) is 0 Å². The zero-order valence-corrected chi connectivity index (χ0v) is 20.7. The number of hydrogen-bond donors (Lipinski definition) is 1. The van der Waals surface area contributed by atoms with Gasteiger partial charge in [-0.2, -0.15) is 0 Å². The summed E-state index contributed by atoms with van der Waals surface area (Å²) in [5.74, 6) is 1.32. The average Bonchev–Trinajstić information content (AvgIpc) is 3.62. The molecule has 2 aromatic heterocycles. The summed E-state index contributed by atoms with van der Waals surface area (Å²) in [6, 6.07) is 7.25. The fourth-order valence-corrected chi connectivity index (χ4v) is 5.05. The van der Waals surface area contributed by atoms with Gasteiger partial charge in [-0.1, -0.05) is 18.9 Å². The number of anilines is 3. The Bertz CT molecular complexity index is 1200. The molecule has 1 saturated heterocycles. The van der Waals surface area contributed by atoms with Crippen LogP contribution in [0.25, 0.3) is 0 Å². The van der Waals surface area contributed by atoms with Crippen molar-refractivity contribution in [3.05, 3.63) is 41.1 Å². The van der Waals surface area contributed by atoms with E-state index in [2.05, 4.69) is 15.2 Å². The molecule has 0 bridgehead atoms. The number of rotatable bonds is 6. The number of carbonyl (C=O) groups excluding carboxylic acids is 3. The standard InChI is InChI=1S/C25H30N6O5/c1-15-13-36-25(34)31(15)21-10-6-9-20(28-21)30-12-18-17(23(30)32)11-22(29(3)16-7-4-5-8-16)27-19(18)14-35-24(33)26-2/h6,9-11,15-16H,4-5,7-8,12-14H2,1-3H3,(H,26,33)/t15-/m0/s1. The zero-order valence-electron chi connectivity index (χ0n) is 20.7. The first-order chi connectivity index (χ1) is 17.4. The van der Waals surface area contributed by atoms with E-state index in [1.807, 2.05) is 20.0 Å². The Kier molecular flexibility index (Phi) is 6.38. The number of aromatic nitrogens is 2. The molecule has 1 saturated carbocycles. The van der Waals surface area contributed by atoms with Gasteiger partial charge >= 0.3 is 12.2 Å². The van der Waals surface area contributed by atoms with E-state index in [9.17, 15) is 14.4 Å². The van der Waals surface area contributed by atoms with Crippen LogP contribution in [0.3, 0.4) is 0 Å². The fourth-order valence-electron chi connectivity index (χ4n) is 5.05. The number of amides is 3. The predicted octanol–water partition coefficient (Wildman–Crippen LogP) is 3.22. The highest BCUT2D eigenvalue weighted by molar-refractivity contribution is 6.10. The minimum atomic E-state index is -0.567. The summed E-state index contributed by atoms with van der Waals surface area (Å²) in [4.78, 5) is 52.2. The van der Waals surface area contributed by atoms with Crippen LogP contribution >= 0.6 is 0 Å². The number of pyridine rings is 2. The van der Waals surface area contributed by atoms with Crippen molar-refractivity contribution >= 4 is 35.5 Å². The summed E-state index contributed by atoms with van der Waals surface area (Å²) >= 11 is 0. The molecular formula is C25H30N6O5. The molecule has 4 heterocycles. The van der Waals surface area contributed by atoms with Gasteiger partial charge in [0.2, 0.25) is 0 Å². The van der Waals surface area contributed by atoms with Gasteiger partial charge in [0.05, 0.1) is 23.8 Å². The quantitative estimate of drug-likeness (QED) is 0.651.